The molecule has 27 heavy (non-hydrogen) atoms. The summed E-state index contributed by atoms with van der Waals surface area (Å²) in [4.78, 5) is 0. The van der Waals surface area contributed by atoms with E-state index in [2.05, 4.69) is 45.9 Å². The van der Waals surface area contributed by atoms with Gasteiger partial charge in [-0.1, -0.05) is 34.9 Å². The predicted molar refractivity (Wildman–Crippen MR) is 118 cm³/mol. The monoisotopic (exact) mass is 370 g/mol. The van der Waals surface area contributed by atoms with Crippen molar-refractivity contribution in [3.8, 4) is 11.5 Å². The molecular weight excluding hydrogens is 332 g/mol. The minimum Gasteiger partial charge on any atom is -0.508 e. The van der Waals surface area contributed by atoms with E-state index in [1.54, 1.807) is 6.07 Å². The van der Waals surface area contributed by atoms with Crippen LogP contribution in [0.4, 0.5) is 0 Å². The molecule has 0 heterocycles. The zero-order valence-corrected chi connectivity index (χ0v) is 18.2. The topological polar surface area (TPSA) is 29.5 Å². The molecule has 0 atom stereocenters. The molecule has 1 rings (SSSR count). The number of ether oxygens (including phenoxy) is 1. The van der Waals surface area contributed by atoms with Crippen LogP contribution in [0.1, 0.15) is 77.3 Å². The summed E-state index contributed by atoms with van der Waals surface area (Å²) in [6.07, 6.45) is 13.7. The Morgan fingerprint density at radius 3 is 2.07 bits per heavy atom. The van der Waals surface area contributed by atoms with Crippen molar-refractivity contribution in [1.29, 1.82) is 0 Å². The van der Waals surface area contributed by atoms with E-state index < -0.39 is 0 Å². The van der Waals surface area contributed by atoms with Crippen LogP contribution in [0, 0.1) is 13.8 Å². The SMILES string of the molecule is CC(C)=CCC/C(C)=C/CC/C(C)=C/CCCOc1ccc(O)c(C)c1C. The van der Waals surface area contributed by atoms with Gasteiger partial charge in [-0.2, -0.15) is 0 Å². The number of aromatic hydroxyl groups is 1. The van der Waals surface area contributed by atoms with Crippen molar-refractivity contribution in [2.45, 2.75) is 80.1 Å². The van der Waals surface area contributed by atoms with Gasteiger partial charge >= 0.3 is 0 Å². The molecule has 0 unspecified atom stereocenters. The lowest BCUT2D eigenvalue weighted by Gasteiger charge is -2.11. The Bertz CT molecular complexity index is 674. The molecule has 1 N–H and O–H groups in total. The van der Waals surface area contributed by atoms with E-state index in [0.717, 1.165) is 49.0 Å². The lowest BCUT2D eigenvalue weighted by atomic mass is 10.1. The molecule has 150 valence electrons. The third-order valence-electron chi connectivity index (χ3n) is 4.93. The van der Waals surface area contributed by atoms with Gasteiger partial charge in [0.1, 0.15) is 11.5 Å². The quantitative estimate of drug-likeness (QED) is 0.321. The van der Waals surface area contributed by atoms with Crippen LogP contribution in [0.5, 0.6) is 11.5 Å². The maximum Gasteiger partial charge on any atom is 0.122 e. The number of allylic oxidation sites excluding steroid dienone is 6. The maximum absolute atomic E-state index is 9.69. The Kier molecular flexibility index (Phi) is 10.6. The van der Waals surface area contributed by atoms with Crippen LogP contribution in [-0.2, 0) is 0 Å². The number of benzene rings is 1. The number of unbranched alkanes of at least 4 members (excludes halogenated alkanes) is 1. The molecule has 0 aliphatic carbocycles. The summed E-state index contributed by atoms with van der Waals surface area (Å²) >= 11 is 0. The molecule has 0 amide bonds. The molecule has 0 saturated carbocycles. The Morgan fingerprint density at radius 1 is 0.852 bits per heavy atom. The van der Waals surface area contributed by atoms with Crippen LogP contribution in [-0.4, -0.2) is 11.7 Å². The second-order valence-corrected chi connectivity index (χ2v) is 7.78. The van der Waals surface area contributed by atoms with Gasteiger partial charge in [0.15, 0.2) is 0 Å². The molecule has 1 aromatic rings. The summed E-state index contributed by atoms with van der Waals surface area (Å²) in [6, 6.07) is 3.56. The van der Waals surface area contributed by atoms with E-state index in [4.69, 9.17) is 4.74 Å². The highest BCUT2D eigenvalue weighted by molar-refractivity contribution is 5.46. The molecule has 2 heteroatoms. The molecule has 0 aliphatic rings. The van der Waals surface area contributed by atoms with Crippen LogP contribution in [0.3, 0.4) is 0 Å². The fourth-order valence-electron chi connectivity index (χ4n) is 2.89. The van der Waals surface area contributed by atoms with E-state index >= 15 is 0 Å². The van der Waals surface area contributed by atoms with Crippen molar-refractivity contribution in [2.75, 3.05) is 6.61 Å². The Hall–Kier alpha value is -1.96. The van der Waals surface area contributed by atoms with E-state index in [-0.39, 0.29) is 0 Å². The largest absolute Gasteiger partial charge is 0.508 e. The first kappa shape index (κ1) is 23.1. The van der Waals surface area contributed by atoms with Crippen LogP contribution in [0.2, 0.25) is 0 Å². The molecule has 0 spiro atoms. The standard InChI is InChI=1S/C25H38O2/c1-19(2)11-9-13-21(4)15-10-14-20(3)12-7-8-18-27-25-17-16-24(26)22(5)23(25)6/h11-12,15-17,26H,7-10,13-14,18H2,1-6H3/b20-12+,21-15+. The molecule has 0 fully saturated rings. The lowest BCUT2D eigenvalue weighted by molar-refractivity contribution is 0.309. The van der Waals surface area contributed by atoms with Crippen molar-refractivity contribution in [1.82, 2.24) is 0 Å². The number of phenols is 1. The van der Waals surface area contributed by atoms with E-state index in [0.29, 0.717) is 12.4 Å². The second kappa shape index (κ2) is 12.4. The first-order chi connectivity index (χ1) is 12.8. The number of hydrogen-bond donors (Lipinski definition) is 1. The minimum atomic E-state index is 0.333. The highest BCUT2D eigenvalue weighted by atomic mass is 16.5. The lowest BCUT2D eigenvalue weighted by Crippen LogP contribution is -1.99. The Balaban J connectivity index is 2.25. The van der Waals surface area contributed by atoms with Gasteiger partial charge in [-0.05, 0) is 103 Å². The van der Waals surface area contributed by atoms with Crippen LogP contribution in [0.25, 0.3) is 0 Å². The first-order valence-electron chi connectivity index (χ1n) is 10.2. The van der Waals surface area contributed by atoms with E-state index in [9.17, 15) is 5.11 Å². The van der Waals surface area contributed by atoms with Gasteiger partial charge in [0.05, 0.1) is 6.61 Å². The zero-order chi connectivity index (χ0) is 20.2. The van der Waals surface area contributed by atoms with Gasteiger partial charge in [-0.25, -0.2) is 0 Å². The van der Waals surface area contributed by atoms with Crippen molar-refractivity contribution >= 4 is 0 Å². The molecule has 0 bridgehead atoms. The number of phenolic OH excluding ortho intramolecular Hbond substituents is 1. The van der Waals surface area contributed by atoms with Gasteiger partial charge in [-0.3, -0.25) is 0 Å². The molecule has 0 aromatic heterocycles. The number of rotatable bonds is 11. The fraction of sp³-hybridized carbons (Fsp3) is 0.520. The maximum atomic E-state index is 9.69. The molecule has 1 aromatic carbocycles. The van der Waals surface area contributed by atoms with Crippen LogP contribution < -0.4 is 4.74 Å². The summed E-state index contributed by atoms with van der Waals surface area (Å²) in [6.45, 7) is 13.4. The van der Waals surface area contributed by atoms with Gasteiger partial charge in [-0.15, -0.1) is 0 Å². The van der Waals surface area contributed by atoms with Gasteiger partial charge < -0.3 is 9.84 Å². The second-order valence-electron chi connectivity index (χ2n) is 7.78. The summed E-state index contributed by atoms with van der Waals surface area (Å²) in [5.74, 6) is 1.21. The smallest absolute Gasteiger partial charge is 0.122 e. The predicted octanol–water partition coefficient (Wildman–Crippen LogP) is 7.59. The molecule has 2 nitrogen and oxygen atoms in total. The third-order valence-corrected chi connectivity index (χ3v) is 4.93. The summed E-state index contributed by atoms with van der Waals surface area (Å²) in [5, 5.41) is 9.69. The zero-order valence-electron chi connectivity index (χ0n) is 18.2. The van der Waals surface area contributed by atoms with Crippen molar-refractivity contribution < 1.29 is 9.84 Å². The minimum absolute atomic E-state index is 0.333. The molecule has 0 radical (unpaired) electrons. The normalized spacial score (nSPS) is 12.2. The van der Waals surface area contributed by atoms with Crippen LogP contribution >= 0.6 is 0 Å². The third kappa shape index (κ3) is 9.51. The van der Waals surface area contributed by atoms with E-state index in [1.165, 1.54) is 23.1 Å². The highest BCUT2D eigenvalue weighted by Crippen LogP contribution is 2.28. The van der Waals surface area contributed by atoms with Gasteiger partial charge in [0.2, 0.25) is 0 Å². The first-order valence-corrected chi connectivity index (χ1v) is 10.2. The average molecular weight is 371 g/mol. The summed E-state index contributed by atoms with van der Waals surface area (Å²) < 4.78 is 5.87. The summed E-state index contributed by atoms with van der Waals surface area (Å²) in [5.41, 5.74) is 6.27. The average Bonchev–Trinajstić information content (AvgIpc) is 2.61. The fourth-order valence-corrected chi connectivity index (χ4v) is 2.89. The highest BCUT2D eigenvalue weighted by Gasteiger charge is 2.05. The van der Waals surface area contributed by atoms with Gasteiger partial charge in [0.25, 0.3) is 0 Å². The van der Waals surface area contributed by atoms with E-state index in [1.807, 2.05) is 19.9 Å². The van der Waals surface area contributed by atoms with Crippen LogP contribution in [0.15, 0.2) is 47.1 Å². The Morgan fingerprint density at radius 2 is 1.44 bits per heavy atom. The molecular formula is C25H38O2. The van der Waals surface area contributed by atoms with Crippen molar-refractivity contribution in [2.24, 2.45) is 0 Å². The van der Waals surface area contributed by atoms with Crippen molar-refractivity contribution in [3.05, 3.63) is 58.2 Å². The number of hydrogen-bond acceptors (Lipinski definition) is 2. The van der Waals surface area contributed by atoms with Gasteiger partial charge in [0, 0.05) is 0 Å². The molecule has 0 aliphatic heterocycles. The summed E-state index contributed by atoms with van der Waals surface area (Å²) in [7, 11) is 0. The Labute approximate surface area is 166 Å². The van der Waals surface area contributed by atoms with Crippen molar-refractivity contribution in [3.63, 3.8) is 0 Å². The molecule has 0 saturated heterocycles.